The van der Waals surface area contributed by atoms with Gasteiger partial charge in [0.25, 0.3) is 0 Å². The molecule has 1 saturated carbocycles. The van der Waals surface area contributed by atoms with Crippen LogP contribution in [-0.4, -0.2) is 10.8 Å². The van der Waals surface area contributed by atoms with E-state index in [0.29, 0.717) is 6.04 Å². The molecule has 3 rings (SSSR count). The Hall–Kier alpha value is -1.80. The molecule has 2 aromatic rings. The van der Waals surface area contributed by atoms with Crippen LogP contribution in [0.5, 0.6) is 0 Å². The molecular weight excluding hydrogens is 316 g/mol. The molecule has 0 N–H and O–H groups in total. The average Bonchev–Trinajstić information content (AvgIpc) is 3.17. The lowest BCUT2D eigenvalue weighted by Gasteiger charge is -2.16. The Kier molecular flexibility index (Phi) is 5.25. The minimum absolute atomic E-state index is 0.536. The van der Waals surface area contributed by atoms with Gasteiger partial charge in [-0.25, -0.2) is 4.99 Å². The topological polar surface area (TPSA) is 17.3 Å². The van der Waals surface area contributed by atoms with Gasteiger partial charge in [0.05, 0.1) is 0 Å². The van der Waals surface area contributed by atoms with E-state index in [1.54, 1.807) is 0 Å². The van der Waals surface area contributed by atoms with Crippen LogP contribution < -0.4 is 0 Å². The van der Waals surface area contributed by atoms with Crippen molar-refractivity contribution in [2.24, 2.45) is 10.9 Å². The lowest BCUT2D eigenvalue weighted by molar-refractivity contribution is 0.478. The predicted octanol–water partition coefficient (Wildman–Crippen LogP) is 6.48. The van der Waals surface area contributed by atoms with Gasteiger partial charge in [0, 0.05) is 29.0 Å². The summed E-state index contributed by atoms with van der Waals surface area (Å²) in [5.74, 6) is 1.78. The first kappa shape index (κ1) is 17.0. The van der Waals surface area contributed by atoms with Gasteiger partial charge in [0.1, 0.15) is 5.82 Å². The fraction of sp³-hybridized carbons (Fsp3) is 0.381. The van der Waals surface area contributed by atoms with Crippen LogP contribution in [0.2, 0.25) is 5.02 Å². The number of nitrogens with zero attached hydrogens (tertiary/aromatic N) is 2. The Balaban J connectivity index is 1.73. The van der Waals surface area contributed by atoms with Crippen LogP contribution in [0.3, 0.4) is 0 Å². The monoisotopic (exact) mass is 340 g/mol. The molecule has 3 heteroatoms. The van der Waals surface area contributed by atoms with Crippen LogP contribution in [0.15, 0.2) is 48.1 Å². The zero-order chi connectivity index (χ0) is 17.1. The van der Waals surface area contributed by atoms with E-state index in [4.69, 9.17) is 11.6 Å². The van der Waals surface area contributed by atoms with Crippen LogP contribution in [0, 0.1) is 5.92 Å². The van der Waals surface area contributed by atoms with Gasteiger partial charge in [-0.15, -0.1) is 0 Å². The van der Waals surface area contributed by atoms with E-state index in [1.165, 1.54) is 24.8 Å². The van der Waals surface area contributed by atoms with Gasteiger partial charge in [-0.1, -0.05) is 30.3 Å². The Bertz CT molecular complexity index is 740. The molecule has 1 aliphatic rings. The van der Waals surface area contributed by atoms with Crippen LogP contribution in [0.1, 0.15) is 50.3 Å². The largest absolute Gasteiger partial charge is 0.329 e. The number of aromatic nitrogens is 1. The molecule has 0 amide bonds. The van der Waals surface area contributed by atoms with E-state index in [-0.39, 0.29) is 0 Å². The number of hydrogen-bond donors (Lipinski definition) is 0. The Morgan fingerprint density at radius 3 is 2.71 bits per heavy atom. The Morgan fingerprint density at radius 1 is 1.29 bits per heavy atom. The average molecular weight is 341 g/mol. The molecule has 2 unspecified atom stereocenters. The third kappa shape index (κ3) is 3.64. The number of aliphatic imine (C=N–C) groups is 1. The summed E-state index contributed by atoms with van der Waals surface area (Å²) in [5, 5.41) is 0.810. The highest BCUT2D eigenvalue weighted by Crippen LogP contribution is 2.40. The molecule has 2 atom stereocenters. The van der Waals surface area contributed by atoms with Crippen molar-refractivity contribution in [2.45, 2.75) is 45.6 Å². The third-order valence-electron chi connectivity index (χ3n) is 4.94. The SMILES string of the molecule is C=C(C)c1ccn(C2CCC(Cc3ccc(Cl)cc3)C2)c1N=CC. The summed E-state index contributed by atoms with van der Waals surface area (Å²) in [6.45, 7) is 8.11. The molecule has 126 valence electrons. The maximum Gasteiger partial charge on any atom is 0.139 e. The fourth-order valence-corrected chi connectivity index (χ4v) is 3.89. The van der Waals surface area contributed by atoms with E-state index in [2.05, 4.69) is 40.5 Å². The summed E-state index contributed by atoms with van der Waals surface area (Å²) in [6.07, 6.45) is 8.88. The first-order chi connectivity index (χ1) is 11.6. The molecule has 0 saturated heterocycles. The predicted molar refractivity (Wildman–Crippen MR) is 105 cm³/mol. The van der Waals surface area contributed by atoms with Gasteiger partial charge < -0.3 is 4.57 Å². The summed E-state index contributed by atoms with van der Waals surface area (Å²) >= 11 is 5.98. The van der Waals surface area contributed by atoms with Crippen molar-refractivity contribution in [3.8, 4) is 0 Å². The van der Waals surface area contributed by atoms with Gasteiger partial charge in [0.15, 0.2) is 0 Å². The van der Waals surface area contributed by atoms with Gasteiger partial charge >= 0.3 is 0 Å². The van der Waals surface area contributed by atoms with Crippen molar-refractivity contribution in [3.05, 3.63) is 59.3 Å². The van der Waals surface area contributed by atoms with Gasteiger partial charge in [0.2, 0.25) is 0 Å². The van der Waals surface area contributed by atoms with Crippen molar-refractivity contribution < 1.29 is 0 Å². The van der Waals surface area contributed by atoms with Crippen LogP contribution in [0.25, 0.3) is 5.57 Å². The minimum Gasteiger partial charge on any atom is -0.329 e. The second kappa shape index (κ2) is 7.40. The maximum absolute atomic E-state index is 5.98. The quantitative estimate of drug-likeness (QED) is 0.554. The third-order valence-corrected chi connectivity index (χ3v) is 5.20. The van der Waals surface area contributed by atoms with E-state index in [9.17, 15) is 0 Å². The number of halogens is 1. The minimum atomic E-state index is 0.536. The molecule has 0 radical (unpaired) electrons. The number of benzene rings is 1. The zero-order valence-corrected chi connectivity index (χ0v) is 15.3. The van der Waals surface area contributed by atoms with Crippen molar-refractivity contribution in [1.29, 1.82) is 0 Å². The normalized spacial score (nSPS) is 20.8. The molecule has 0 spiro atoms. The van der Waals surface area contributed by atoms with Crippen molar-refractivity contribution in [3.63, 3.8) is 0 Å². The van der Waals surface area contributed by atoms with E-state index < -0.39 is 0 Å². The molecular formula is C21H25ClN2. The van der Waals surface area contributed by atoms with Gasteiger partial charge in [-0.3, -0.25) is 0 Å². The van der Waals surface area contributed by atoms with Crippen LogP contribution >= 0.6 is 11.6 Å². The second-order valence-electron chi connectivity index (χ2n) is 6.79. The second-order valence-corrected chi connectivity index (χ2v) is 7.23. The highest BCUT2D eigenvalue weighted by Gasteiger charge is 2.27. The number of allylic oxidation sites excluding steroid dienone is 1. The van der Waals surface area contributed by atoms with Crippen LogP contribution in [-0.2, 0) is 6.42 Å². The molecule has 1 aliphatic carbocycles. The Labute approximate surface area is 149 Å². The molecule has 1 aromatic carbocycles. The first-order valence-electron chi connectivity index (χ1n) is 8.68. The number of rotatable bonds is 5. The zero-order valence-electron chi connectivity index (χ0n) is 14.5. The summed E-state index contributed by atoms with van der Waals surface area (Å²) in [7, 11) is 0. The van der Waals surface area contributed by atoms with Crippen molar-refractivity contribution >= 4 is 29.2 Å². The molecule has 1 aromatic heterocycles. The molecule has 2 nitrogen and oxygen atoms in total. The smallest absolute Gasteiger partial charge is 0.139 e. The molecule has 24 heavy (non-hydrogen) atoms. The summed E-state index contributed by atoms with van der Waals surface area (Å²) in [6, 6.07) is 11.0. The first-order valence-corrected chi connectivity index (χ1v) is 9.06. The lowest BCUT2D eigenvalue weighted by atomic mass is 9.98. The van der Waals surface area contributed by atoms with E-state index in [1.807, 2.05) is 32.2 Å². The maximum atomic E-state index is 5.98. The van der Waals surface area contributed by atoms with E-state index in [0.717, 1.165) is 34.3 Å². The van der Waals surface area contributed by atoms with Crippen molar-refractivity contribution in [1.82, 2.24) is 4.57 Å². The molecule has 1 heterocycles. The molecule has 0 aliphatic heterocycles. The Morgan fingerprint density at radius 2 is 2.04 bits per heavy atom. The summed E-state index contributed by atoms with van der Waals surface area (Å²) < 4.78 is 2.35. The standard InChI is InChI=1S/C21H25ClN2/c1-4-23-21-20(15(2)3)11-12-24(21)19-10-7-17(14-19)13-16-5-8-18(22)9-6-16/h4-6,8-9,11-12,17,19H,2,7,10,13-14H2,1,3H3. The van der Waals surface area contributed by atoms with Crippen molar-refractivity contribution in [2.75, 3.05) is 0 Å². The summed E-state index contributed by atoms with van der Waals surface area (Å²) in [5.41, 5.74) is 3.62. The number of hydrogen-bond acceptors (Lipinski definition) is 1. The highest BCUT2D eigenvalue weighted by molar-refractivity contribution is 6.30. The molecule has 1 fully saturated rings. The summed E-state index contributed by atoms with van der Waals surface area (Å²) in [4.78, 5) is 4.61. The van der Waals surface area contributed by atoms with Gasteiger partial charge in [-0.05, 0) is 74.8 Å². The van der Waals surface area contributed by atoms with Crippen LogP contribution in [0.4, 0.5) is 5.82 Å². The lowest BCUT2D eigenvalue weighted by Crippen LogP contribution is -2.05. The fourth-order valence-electron chi connectivity index (χ4n) is 3.77. The van der Waals surface area contributed by atoms with E-state index >= 15 is 0 Å². The van der Waals surface area contributed by atoms with Gasteiger partial charge in [-0.2, -0.15) is 0 Å². The molecule has 0 bridgehead atoms. The highest BCUT2D eigenvalue weighted by atomic mass is 35.5.